The average molecular weight is 699 g/mol. The summed E-state index contributed by atoms with van der Waals surface area (Å²) >= 11 is 0. The monoisotopic (exact) mass is 698 g/mol. The summed E-state index contributed by atoms with van der Waals surface area (Å²) < 4.78 is 85.7. The number of halogens is 6. The van der Waals surface area contributed by atoms with E-state index in [0.717, 1.165) is 36.4 Å². The van der Waals surface area contributed by atoms with E-state index in [2.05, 4.69) is 9.47 Å². The zero-order valence-corrected chi connectivity index (χ0v) is 25.3. The molecule has 0 spiro atoms. The van der Waals surface area contributed by atoms with Gasteiger partial charge in [-0.2, -0.15) is 42.1 Å². The summed E-state index contributed by atoms with van der Waals surface area (Å²) in [5, 5.41) is 79.7. The van der Waals surface area contributed by atoms with E-state index in [1.54, 1.807) is 36.4 Å². The van der Waals surface area contributed by atoms with Crippen molar-refractivity contribution in [3.8, 4) is 60.1 Å². The normalized spacial score (nSPS) is 12.8. The van der Waals surface area contributed by atoms with Crippen LogP contribution in [0.1, 0.15) is 44.5 Å². The van der Waals surface area contributed by atoms with Crippen molar-refractivity contribution >= 4 is 33.4 Å². The second-order valence-electron chi connectivity index (χ2n) is 10.4. The smallest absolute Gasteiger partial charge is 0.404 e. The van der Waals surface area contributed by atoms with Crippen LogP contribution in [0.3, 0.4) is 0 Å². The molecule has 0 amide bonds. The van der Waals surface area contributed by atoms with Crippen molar-refractivity contribution in [2.45, 2.75) is 12.7 Å². The highest BCUT2D eigenvalue weighted by Gasteiger charge is 2.39. The Hall–Kier alpha value is -8.28. The molecule has 0 aliphatic heterocycles. The van der Waals surface area contributed by atoms with Gasteiger partial charge in [-0.15, -0.1) is 26.3 Å². The molecule has 0 fully saturated rings. The quantitative estimate of drug-likeness (QED) is 0.191. The van der Waals surface area contributed by atoms with Gasteiger partial charge in [0.2, 0.25) is 0 Å². The molecule has 0 aromatic heterocycles. The van der Waals surface area contributed by atoms with Gasteiger partial charge in [0.25, 0.3) is 0 Å². The molecule has 2 aliphatic carbocycles. The van der Waals surface area contributed by atoms with Crippen LogP contribution in [0, 0.1) is 90.6 Å². The topological polar surface area (TPSA) is 209 Å². The zero-order chi connectivity index (χ0) is 38.1. The largest absolute Gasteiger partial charge is 0.573 e. The number of fused-ring (bicyclic) bond motifs is 2. The Morgan fingerprint density at radius 1 is 0.462 bits per heavy atom. The minimum absolute atomic E-state index is 0.00650. The Balaban J connectivity index is 1.85. The molecule has 5 rings (SSSR count). The minimum atomic E-state index is -5.16. The van der Waals surface area contributed by atoms with Gasteiger partial charge in [0.05, 0.1) is 22.3 Å². The Kier molecular flexibility index (Phi) is 8.74. The van der Waals surface area contributed by atoms with E-state index in [0.29, 0.717) is 0 Å². The van der Waals surface area contributed by atoms with E-state index >= 15 is 0 Å². The van der Waals surface area contributed by atoms with Crippen LogP contribution >= 0.6 is 0 Å². The van der Waals surface area contributed by atoms with Gasteiger partial charge in [0.15, 0.2) is 0 Å². The van der Waals surface area contributed by atoms with Crippen LogP contribution < -0.4 is 9.47 Å². The number of nitrogens with zero attached hydrogens (tertiary/aromatic N) is 8. The first-order valence-corrected chi connectivity index (χ1v) is 13.9. The number of alkyl halides is 6. The Bertz CT molecular complexity index is 2430. The molecule has 3 aromatic rings. The van der Waals surface area contributed by atoms with Gasteiger partial charge >= 0.3 is 12.7 Å². The van der Waals surface area contributed by atoms with Gasteiger partial charge in [0.1, 0.15) is 71.2 Å². The highest BCUT2D eigenvalue weighted by atomic mass is 19.4. The van der Waals surface area contributed by atoms with E-state index < -0.39 is 46.5 Å². The molecule has 0 unspecified atom stereocenters. The summed E-state index contributed by atoms with van der Waals surface area (Å²) in [7, 11) is 0. The summed E-state index contributed by atoms with van der Waals surface area (Å²) in [5.41, 5.74) is -3.82. The molecule has 0 atom stereocenters. The lowest BCUT2D eigenvalue weighted by atomic mass is 9.89. The van der Waals surface area contributed by atoms with Gasteiger partial charge in [-0.25, -0.2) is 0 Å². The van der Waals surface area contributed by atoms with E-state index in [1.807, 2.05) is 12.1 Å². The fourth-order valence-electron chi connectivity index (χ4n) is 5.79. The third-order valence-electron chi connectivity index (χ3n) is 7.63. The third-order valence-corrected chi connectivity index (χ3v) is 7.63. The molecule has 246 valence electrons. The van der Waals surface area contributed by atoms with Crippen molar-refractivity contribution in [3.05, 3.63) is 104 Å². The minimum Gasteiger partial charge on any atom is -0.404 e. The van der Waals surface area contributed by atoms with Crippen LogP contribution in [0.4, 0.5) is 26.3 Å². The maximum atomic E-state index is 13.0. The highest BCUT2D eigenvalue weighted by Crippen LogP contribution is 2.54. The van der Waals surface area contributed by atoms with Gasteiger partial charge in [-0.1, -0.05) is 12.1 Å². The average Bonchev–Trinajstić information content (AvgIpc) is 3.59. The molecular formula is C36H8F6N8O2. The van der Waals surface area contributed by atoms with Crippen molar-refractivity contribution in [2.24, 2.45) is 0 Å². The summed E-state index contributed by atoms with van der Waals surface area (Å²) in [5.74, 6) is -1.74. The second kappa shape index (κ2) is 13.0. The van der Waals surface area contributed by atoms with Crippen LogP contribution in [-0.4, -0.2) is 12.7 Å². The third kappa shape index (κ3) is 5.96. The number of rotatable bonds is 4. The number of benzene rings is 3. The van der Waals surface area contributed by atoms with E-state index in [-0.39, 0.29) is 66.8 Å². The molecule has 0 radical (unpaired) electrons. The predicted molar refractivity (Wildman–Crippen MR) is 163 cm³/mol. The molecule has 52 heavy (non-hydrogen) atoms. The maximum Gasteiger partial charge on any atom is 0.573 e. The van der Waals surface area contributed by atoms with Crippen LogP contribution in [0.2, 0.25) is 0 Å². The number of hydrogen-bond acceptors (Lipinski definition) is 10. The Morgan fingerprint density at radius 2 is 0.808 bits per heavy atom. The van der Waals surface area contributed by atoms with Crippen molar-refractivity contribution < 1.29 is 35.8 Å². The van der Waals surface area contributed by atoms with Crippen molar-refractivity contribution in [1.82, 2.24) is 0 Å². The fourth-order valence-corrected chi connectivity index (χ4v) is 5.79. The summed E-state index contributed by atoms with van der Waals surface area (Å²) in [6.07, 6.45) is -10.3. The maximum absolute atomic E-state index is 13.0. The number of allylic oxidation sites excluding steroid dienone is 8. The lowest BCUT2D eigenvalue weighted by Crippen LogP contribution is -2.17. The van der Waals surface area contributed by atoms with Crippen molar-refractivity contribution in [1.29, 1.82) is 42.1 Å². The lowest BCUT2D eigenvalue weighted by molar-refractivity contribution is -0.275. The van der Waals surface area contributed by atoms with Crippen LogP contribution in [-0.2, 0) is 0 Å². The van der Waals surface area contributed by atoms with Crippen molar-refractivity contribution in [3.63, 3.8) is 0 Å². The van der Waals surface area contributed by atoms with Crippen LogP contribution in [0.25, 0.3) is 33.4 Å². The van der Waals surface area contributed by atoms with Crippen molar-refractivity contribution in [2.75, 3.05) is 0 Å². The summed E-state index contributed by atoms with van der Waals surface area (Å²) in [6.45, 7) is 0. The summed E-state index contributed by atoms with van der Waals surface area (Å²) in [4.78, 5) is 0. The number of ether oxygens (including phenoxy) is 2. The second-order valence-corrected chi connectivity index (χ2v) is 10.4. The molecular weight excluding hydrogens is 690 g/mol. The molecule has 2 aliphatic rings. The lowest BCUT2D eigenvalue weighted by Gasteiger charge is -2.13. The molecule has 0 bridgehead atoms. The van der Waals surface area contributed by atoms with E-state index in [4.69, 9.17) is 0 Å². The first-order valence-electron chi connectivity index (χ1n) is 13.9. The number of nitriles is 8. The summed E-state index contributed by atoms with van der Waals surface area (Å²) in [6, 6.07) is 22.0. The first-order chi connectivity index (χ1) is 24.7. The van der Waals surface area contributed by atoms with Crippen LogP contribution in [0.15, 0.2) is 59.7 Å². The number of hydrogen-bond donors (Lipinski definition) is 0. The molecule has 10 nitrogen and oxygen atoms in total. The molecule has 16 heteroatoms. The van der Waals surface area contributed by atoms with Gasteiger partial charge in [-0.3, -0.25) is 0 Å². The molecule has 0 saturated heterocycles. The molecule has 0 N–H and O–H groups in total. The SMILES string of the molecule is N#CC(C#N)=C1C(c2ccc(OC(F)(F)F)c(C#N)c2)=C(C#N)c2cc3c(cc21)C(C#N)=C(c1ccc(OC(F)(F)F)c(C#N)c1)C3=C(C#N)C#N. The van der Waals surface area contributed by atoms with E-state index in [9.17, 15) is 68.4 Å². The highest BCUT2D eigenvalue weighted by molar-refractivity contribution is 6.29. The van der Waals surface area contributed by atoms with Crippen LogP contribution in [0.5, 0.6) is 11.5 Å². The van der Waals surface area contributed by atoms with Gasteiger partial charge in [0, 0.05) is 33.4 Å². The molecule has 0 heterocycles. The standard InChI is InChI=1S/C36H8F6N8O2/c37-35(38,39)51-29-3-1-17(5-19(29)9-43)31-27(15-49)23-7-26-24(8-25(23)33(31)21(11-45)12-46)28(16-50)32(34(26)22(13-47)14-48)18-2-4-30(20(6-18)10-44)52-36(40,41)42/h1-8H. The van der Waals surface area contributed by atoms with E-state index in [1.165, 1.54) is 12.1 Å². The zero-order valence-electron chi connectivity index (χ0n) is 25.3. The molecule has 0 saturated carbocycles. The predicted octanol–water partition coefficient (Wildman–Crippen LogP) is 7.72. The Labute approximate surface area is 288 Å². The molecule has 3 aromatic carbocycles. The first kappa shape index (κ1) is 35.0. The van der Waals surface area contributed by atoms with Gasteiger partial charge in [-0.05, 0) is 58.7 Å². The fraction of sp³-hybridized carbons (Fsp3) is 0.0556. The Morgan fingerprint density at radius 3 is 1.08 bits per heavy atom. The van der Waals surface area contributed by atoms with Gasteiger partial charge < -0.3 is 9.47 Å².